The fourth-order valence-corrected chi connectivity index (χ4v) is 2.90. The number of benzene rings is 1. The van der Waals surface area contributed by atoms with E-state index in [1.54, 1.807) is 23.5 Å². The van der Waals surface area contributed by atoms with Crippen molar-refractivity contribution in [2.24, 2.45) is 0 Å². The Kier molecular flexibility index (Phi) is 4.44. The Bertz CT molecular complexity index is 493. The van der Waals surface area contributed by atoms with E-state index in [-0.39, 0.29) is 5.82 Å². The molecule has 0 aliphatic heterocycles. The SMILES string of the molecule is CCC(CNC)c1nc(-c2ccc(F)cc2)cs1. The normalized spacial score (nSPS) is 12.6. The lowest BCUT2D eigenvalue weighted by molar-refractivity contribution is 0.609. The number of nitrogens with zero attached hydrogens (tertiary/aromatic N) is 1. The zero-order valence-electron chi connectivity index (χ0n) is 10.6. The Hall–Kier alpha value is -1.26. The van der Waals surface area contributed by atoms with E-state index in [1.807, 2.05) is 12.4 Å². The van der Waals surface area contributed by atoms with Crippen molar-refractivity contribution in [3.8, 4) is 11.3 Å². The summed E-state index contributed by atoms with van der Waals surface area (Å²) in [5, 5.41) is 6.38. The van der Waals surface area contributed by atoms with Gasteiger partial charge >= 0.3 is 0 Å². The first-order valence-corrected chi connectivity index (χ1v) is 6.98. The van der Waals surface area contributed by atoms with E-state index in [0.717, 1.165) is 29.2 Å². The molecule has 96 valence electrons. The van der Waals surface area contributed by atoms with Crippen LogP contribution in [0.5, 0.6) is 0 Å². The lowest BCUT2D eigenvalue weighted by atomic mass is 10.1. The summed E-state index contributed by atoms with van der Waals surface area (Å²) in [6, 6.07) is 6.49. The van der Waals surface area contributed by atoms with Crippen LogP contribution >= 0.6 is 11.3 Å². The summed E-state index contributed by atoms with van der Waals surface area (Å²) >= 11 is 1.68. The average Bonchev–Trinajstić information content (AvgIpc) is 2.86. The van der Waals surface area contributed by atoms with E-state index in [1.165, 1.54) is 12.1 Å². The smallest absolute Gasteiger partial charge is 0.123 e. The Morgan fingerprint density at radius 1 is 1.33 bits per heavy atom. The van der Waals surface area contributed by atoms with Gasteiger partial charge in [0.15, 0.2) is 0 Å². The van der Waals surface area contributed by atoms with Gasteiger partial charge in [0.05, 0.1) is 10.7 Å². The van der Waals surface area contributed by atoms with Crippen molar-refractivity contribution in [3.05, 3.63) is 40.5 Å². The van der Waals surface area contributed by atoms with Gasteiger partial charge < -0.3 is 5.32 Å². The molecule has 0 aliphatic rings. The van der Waals surface area contributed by atoms with Crippen LogP contribution in [0.2, 0.25) is 0 Å². The van der Waals surface area contributed by atoms with E-state index in [4.69, 9.17) is 0 Å². The first-order chi connectivity index (χ1) is 8.74. The minimum absolute atomic E-state index is 0.212. The van der Waals surface area contributed by atoms with Crippen LogP contribution in [-0.4, -0.2) is 18.6 Å². The van der Waals surface area contributed by atoms with Crippen molar-refractivity contribution in [1.82, 2.24) is 10.3 Å². The van der Waals surface area contributed by atoms with E-state index >= 15 is 0 Å². The van der Waals surface area contributed by atoms with Crippen molar-refractivity contribution in [3.63, 3.8) is 0 Å². The molecule has 2 nitrogen and oxygen atoms in total. The maximum absolute atomic E-state index is 12.9. The predicted molar refractivity (Wildman–Crippen MR) is 74.5 cm³/mol. The van der Waals surface area contributed by atoms with Crippen LogP contribution < -0.4 is 5.32 Å². The zero-order valence-corrected chi connectivity index (χ0v) is 11.4. The van der Waals surface area contributed by atoms with Gasteiger partial charge in [-0.25, -0.2) is 9.37 Å². The molecule has 0 spiro atoms. The molecule has 4 heteroatoms. The molecule has 0 saturated heterocycles. The average molecular weight is 264 g/mol. The van der Waals surface area contributed by atoms with Crippen LogP contribution in [-0.2, 0) is 0 Å². The first kappa shape index (κ1) is 13.2. The van der Waals surface area contributed by atoms with Crippen molar-refractivity contribution in [2.45, 2.75) is 19.3 Å². The third-order valence-corrected chi connectivity index (χ3v) is 3.96. The Morgan fingerprint density at radius 2 is 2.06 bits per heavy atom. The van der Waals surface area contributed by atoms with Gasteiger partial charge in [0.2, 0.25) is 0 Å². The van der Waals surface area contributed by atoms with Crippen molar-refractivity contribution in [1.29, 1.82) is 0 Å². The van der Waals surface area contributed by atoms with E-state index in [2.05, 4.69) is 17.2 Å². The molecule has 1 atom stereocenters. The highest BCUT2D eigenvalue weighted by molar-refractivity contribution is 7.10. The second-order valence-electron chi connectivity index (χ2n) is 4.24. The van der Waals surface area contributed by atoms with E-state index in [0.29, 0.717) is 5.92 Å². The zero-order chi connectivity index (χ0) is 13.0. The molecule has 1 N–H and O–H groups in total. The fourth-order valence-electron chi connectivity index (χ4n) is 1.88. The highest BCUT2D eigenvalue weighted by atomic mass is 32.1. The van der Waals surface area contributed by atoms with Crippen molar-refractivity contribution in [2.75, 3.05) is 13.6 Å². The van der Waals surface area contributed by atoms with Gasteiger partial charge in [0, 0.05) is 23.4 Å². The molecule has 1 heterocycles. The minimum Gasteiger partial charge on any atom is -0.319 e. The van der Waals surface area contributed by atoms with Crippen LogP contribution in [0.4, 0.5) is 4.39 Å². The molecule has 1 aromatic heterocycles. The van der Waals surface area contributed by atoms with E-state index in [9.17, 15) is 4.39 Å². The van der Waals surface area contributed by atoms with Gasteiger partial charge in [-0.1, -0.05) is 6.92 Å². The summed E-state index contributed by atoms with van der Waals surface area (Å²) in [5.74, 6) is 0.241. The summed E-state index contributed by atoms with van der Waals surface area (Å²) in [4.78, 5) is 4.66. The number of likely N-dealkylation sites (N-methyl/N-ethyl adjacent to an activating group) is 1. The second-order valence-corrected chi connectivity index (χ2v) is 5.13. The molecule has 0 aliphatic carbocycles. The first-order valence-electron chi connectivity index (χ1n) is 6.10. The summed E-state index contributed by atoms with van der Waals surface area (Å²) in [5.41, 5.74) is 1.91. The molecule has 0 saturated carbocycles. The maximum atomic E-state index is 12.9. The van der Waals surface area contributed by atoms with Crippen molar-refractivity contribution >= 4 is 11.3 Å². The number of hydrogen-bond donors (Lipinski definition) is 1. The maximum Gasteiger partial charge on any atom is 0.123 e. The van der Waals surface area contributed by atoms with E-state index < -0.39 is 0 Å². The summed E-state index contributed by atoms with van der Waals surface area (Å²) in [6.07, 6.45) is 1.07. The van der Waals surface area contributed by atoms with Gasteiger partial charge in [0.25, 0.3) is 0 Å². The Labute approximate surface area is 111 Å². The third kappa shape index (κ3) is 2.94. The van der Waals surface area contributed by atoms with Crippen LogP contribution in [0.1, 0.15) is 24.3 Å². The molecule has 0 fully saturated rings. The lowest BCUT2D eigenvalue weighted by Crippen LogP contribution is -2.16. The number of rotatable bonds is 5. The summed E-state index contributed by atoms with van der Waals surface area (Å²) in [7, 11) is 1.96. The molecular formula is C14H17FN2S. The Morgan fingerprint density at radius 3 is 2.67 bits per heavy atom. The van der Waals surface area contributed by atoms with Crippen LogP contribution in [0.3, 0.4) is 0 Å². The molecule has 0 radical (unpaired) electrons. The molecule has 0 amide bonds. The second kappa shape index (κ2) is 6.07. The van der Waals surface area contributed by atoms with Crippen molar-refractivity contribution < 1.29 is 4.39 Å². The summed E-state index contributed by atoms with van der Waals surface area (Å²) < 4.78 is 12.9. The highest BCUT2D eigenvalue weighted by Crippen LogP contribution is 2.27. The molecule has 1 unspecified atom stereocenters. The number of nitrogens with one attached hydrogen (secondary N) is 1. The Balaban J connectivity index is 2.21. The molecule has 2 aromatic rings. The largest absolute Gasteiger partial charge is 0.319 e. The quantitative estimate of drug-likeness (QED) is 0.891. The van der Waals surface area contributed by atoms with Gasteiger partial charge in [0.1, 0.15) is 5.82 Å². The lowest BCUT2D eigenvalue weighted by Gasteiger charge is -2.10. The predicted octanol–water partition coefficient (Wildman–Crippen LogP) is 3.66. The number of halogens is 1. The molecule has 1 aromatic carbocycles. The summed E-state index contributed by atoms with van der Waals surface area (Å²) in [6.45, 7) is 3.11. The monoisotopic (exact) mass is 264 g/mol. The molecule has 18 heavy (non-hydrogen) atoms. The topological polar surface area (TPSA) is 24.9 Å². The van der Waals surface area contributed by atoms with Gasteiger partial charge in [-0.2, -0.15) is 0 Å². The van der Waals surface area contributed by atoms with Crippen LogP contribution in [0.15, 0.2) is 29.6 Å². The standard InChI is InChI=1S/C14H17FN2S/c1-3-10(8-16-2)14-17-13(9-18-14)11-4-6-12(15)7-5-11/h4-7,9-10,16H,3,8H2,1-2H3. The molecule has 0 bridgehead atoms. The number of hydrogen-bond acceptors (Lipinski definition) is 3. The highest BCUT2D eigenvalue weighted by Gasteiger charge is 2.13. The molecule has 2 rings (SSSR count). The molecular weight excluding hydrogens is 247 g/mol. The number of thiazole rings is 1. The van der Waals surface area contributed by atoms with Crippen LogP contribution in [0.25, 0.3) is 11.3 Å². The van der Waals surface area contributed by atoms with Gasteiger partial charge in [-0.15, -0.1) is 11.3 Å². The fraction of sp³-hybridized carbons (Fsp3) is 0.357. The third-order valence-electron chi connectivity index (χ3n) is 2.95. The number of aromatic nitrogens is 1. The van der Waals surface area contributed by atoms with Gasteiger partial charge in [-0.3, -0.25) is 0 Å². The minimum atomic E-state index is -0.212. The van der Waals surface area contributed by atoms with Gasteiger partial charge in [-0.05, 0) is 37.7 Å². The van der Waals surface area contributed by atoms with Crippen LogP contribution in [0, 0.1) is 5.82 Å².